The highest BCUT2D eigenvalue weighted by atomic mass is 16.6. The highest BCUT2D eigenvalue weighted by Crippen LogP contribution is 2.25. The highest BCUT2D eigenvalue weighted by molar-refractivity contribution is 5.86. The first-order chi connectivity index (χ1) is 6.83. The summed E-state index contributed by atoms with van der Waals surface area (Å²) in [4.78, 5) is 10.5. The van der Waals surface area contributed by atoms with E-state index in [4.69, 9.17) is 9.15 Å². The van der Waals surface area contributed by atoms with Crippen LogP contribution in [-0.4, -0.2) is 12.9 Å². The first kappa shape index (κ1) is 8.81. The minimum absolute atomic E-state index is 0.491. The van der Waals surface area contributed by atoms with E-state index >= 15 is 0 Å². The molecule has 0 aliphatic carbocycles. The van der Waals surface area contributed by atoms with Gasteiger partial charge in [-0.3, -0.25) is 4.79 Å². The fraction of sp³-hybridized carbons (Fsp3) is 0.182. The maximum atomic E-state index is 10.5. The second-order valence-electron chi connectivity index (χ2n) is 2.91. The predicted octanol–water partition coefficient (Wildman–Crippen LogP) is 2.64. The van der Waals surface area contributed by atoms with Crippen LogP contribution in [0.25, 0.3) is 11.0 Å². The number of rotatable bonds is 3. The van der Waals surface area contributed by atoms with Crippen molar-refractivity contribution in [2.45, 2.75) is 6.92 Å². The van der Waals surface area contributed by atoms with Crippen LogP contribution in [0.15, 0.2) is 28.7 Å². The van der Waals surface area contributed by atoms with Crippen molar-refractivity contribution in [3.63, 3.8) is 0 Å². The summed E-state index contributed by atoms with van der Waals surface area (Å²) in [6, 6.07) is 7.04. The van der Waals surface area contributed by atoms with E-state index in [1.54, 1.807) is 24.3 Å². The average Bonchev–Trinajstić information content (AvgIpc) is 2.59. The van der Waals surface area contributed by atoms with Crippen LogP contribution >= 0.6 is 0 Å². The molecule has 0 fully saturated rings. The lowest BCUT2D eigenvalue weighted by Crippen LogP contribution is -1.87. The van der Waals surface area contributed by atoms with Gasteiger partial charge in [-0.1, -0.05) is 0 Å². The van der Waals surface area contributed by atoms with E-state index in [1.807, 2.05) is 6.92 Å². The van der Waals surface area contributed by atoms with Gasteiger partial charge in [0.15, 0.2) is 0 Å². The lowest BCUT2D eigenvalue weighted by Gasteiger charge is -1.93. The molecule has 2 rings (SSSR count). The van der Waals surface area contributed by atoms with E-state index in [-0.39, 0.29) is 0 Å². The van der Waals surface area contributed by atoms with Crippen LogP contribution in [-0.2, 0) is 0 Å². The predicted molar refractivity (Wildman–Crippen MR) is 52.8 cm³/mol. The van der Waals surface area contributed by atoms with Crippen molar-refractivity contribution in [1.82, 2.24) is 0 Å². The zero-order valence-corrected chi connectivity index (χ0v) is 7.82. The van der Waals surface area contributed by atoms with Crippen LogP contribution in [0, 0.1) is 0 Å². The molecule has 0 radical (unpaired) electrons. The van der Waals surface area contributed by atoms with Gasteiger partial charge in [-0.25, -0.2) is 0 Å². The van der Waals surface area contributed by atoms with E-state index in [0.29, 0.717) is 18.1 Å². The van der Waals surface area contributed by atoms with E-state index < -0.39 is 0 Å². The Bertz CT molecular complexity index is 457. The van der Waals surface area contributed by atoms with Crippen molar-refractivity contribution in [2.75, 3.05) is 6.61 Å². The zero-order valence-electron chi connectivity index (χ0n) is 7.82. The molecule has 0 aliphatic rings. The Morgan fingerprint density at radius 2 is 2.29 bits per heavy atom. The third-order valence-electron chi connectivity index (χ3n) is 1.94. The number of aldehydes is 1. The Balaban J connectivity index is 2.48. The minimum atomic E-state index is 0.491. The smallest absolute Gasteiger partial charge is 0.285 e. The molecule has 0 unspecified atom stereocenters. The molecular formula is C11H10O3. The van der Waals surface area contributed by atoms with Gasteiger partial charge in [0.2, 0.25) is 0 Å². The normalized spacial score (nSPS) is 10.4. The van der Waals surface area contributed by atoms with E-state index in [0.717, 1.165) is 17.3 Å². The summed E-state index contributed by atoms with van der Waals surface area (Å²) in [5, 5.41) is 0.887. The molecule has 72 valence electrons. The van der Waals surface area contributed by atoms with Crippen molar-refractivity contribution < 1.29 is 13.9 Å². The van der Waals surface area contributed by atoms with E-state index in [1.165, 1.54) is 0 Å². The van der Waals surface area contributed by atoms with Gasteiger partial charge in [0, 0.05) is 17.0 Å². The fourth-order valence-corrected chi connectivity index (χ4v) is 1.32. The second-order valence-corrected chi connectivity index (χ2v) is 2.91. The van der Waals surface area contributed by atoms with Gasteiger partial charge in [0.25, 0.3) is 5.95 Å². The molecule has 0 saturated carbocycles. The van der Waals surface area contributed by atoms with Gasteiger partial charge in [-0.15, -0.1) is 0 Å². The van der Waals surface area contributed by atoms with Crippen LogP contribution in [0.2, 0.25) is 0 Å². The maximum absolute atomic E-state index is 10.5. The Morgan fingerprint density at radius 1 is 1.43 bits per heavy atom. The van der Waals surface area contributed by atoms with Crippen molar-refractivity contribution >= 4 is 17.3 Å². The quantitative estimate of drug-likeness (QED) is 0.698. The molecular weight excluding hydrogens is 180 g/mol. The highest BCUT2D eigenvalue weighted by Gasteiger charge is 2.04. The number of benzene rings is 1. The van der Waals surface area contributed by atoms with Crippen molar-refractivity contribution in [1.29, 1.82) is 0 Å². The maximum Gasteiger partial charge on any atom is 0.285 e. The summed E-state index contributed by atoms with van der Waals surface area (Å²) in [6.07, 6.45) is 0.812. The summed E-state index contributed by atoms with van der Waals surface area (Å²) in [7, 11) is 0. The van der Waals surface area contributed by atoms with Gasteiger partial charge in [0.05, 0.1) is 6.61 Å². The molecule has 2 aromatic rings. The zero-order chi connectivity index (χ0) is 9.97. The molecule has 1 aromatic carbocycles. The molecule has 0 spiro atoms. The van der Waals surface area contributed by atoms with Crippen LogP contribution in [0.5, 0.6) is 5.95 Å². The molecule has 14 heavy (non-hydrogen) atoms. The molecule has 0 saturated heterocycles. The number of fused-ring (bicyclic) bond motifs is 1. The number of hydrogen-bond acceptors (Lipinski definition) is 3. The lowest BCUT2D eigenvalue weighted by atomic mass is 10.2. The summed E-state index contributed by atoms with van der Waals surface area (Å²) in [5.74, 6) is 0.491. The van der Waals surface area contributed by atoms with Crippen LogP contribution in [0.3, 0.4) is 0 Å². The molecule has 0 aliphatic heterocycles. The molecule has 0 N–H and O–H groups in total. The van der Waals surface area contributed by atoms with E-state index in [9.17, 15) is 4.79 Å². The van der Waals surface area contributed by atoms with Gasteiger partial charge in [-0.2, -0.15) is 0 Å². The van der Waals surface area contributed by atoms with Crippen molar-refractivity contribution in [2.24, 2.45) is 0 Å². The molecule has 3 nitrogen and oxygen atoms in total. The molecule has 3 heteroatoms. The molecule has 0 atom stereocenters. The van der Waals surface area contributed by atoms with Gasteiger partial charge < -0.3 is 9.15 Å². The first-order valence-corrected chi connectivity index (χ1v) is 4.45. The SMILES string of the molecule is CCOc1cc2cc(C=O)ccc2o1. The number of carbonyl (C=O) groups excluding carboxylic acids is 1. The third kappa shape index (κ3) is 1.48. The van der Waals surface area contributed by atoms with Crippen LogP contribution in [0.1, 0.15) is 17.3 Å². The minimum Gasteiger partial charge on any atom is -0.465 e. The third-order valence-corrected chi connectivity index (χ3v) is 1.94. The lowest BCUT2D eigenvalue weighted by molar-refractivity contribution is 0.112. The standard InChI is InChI=1S/C11H10O3/c1-2-13-11-6-9-5-8(7-12)3-4-10(9)14-11/h3-7H,2H2,1H3. The number of carbonyl (C=O) groups is 1. The topological polar surface area (TPSA) is 39.4 Å². The Hall–Kier alpha value is -1.77. The fourth-order valence-electron chi connectivity index (χ4n) is 1.32. The van der Waals surface area contributed by atoms with Crippen molar-refractivity contribution in [3.8, 4) is 5.95 Å². The summed E-state index contributed by atoms with van der Waals surface area (Å²) in [5.41, 5.74) is 1.38. The van der Waals surface area contributed by atoms with Crippen LogP contribution in [0.4, 0.5) is 0 Å². The molecule has 0 amide bonds. The van der Waals surface area contributed by atoms with Gasteiger partial charge >= 0.3 is 0 Å². The molecule has 1 aromatic heterocycles. The van der Waals surface area contributed by atoms with Gasteiger partial charge in [0.1, 0.15) is 11.9 Å². The van der Waals surface area contributed by atoms with Crippen LogP contribution < -0.4 is 4.74 Å². The van der Waals surface area contributed by atoms with Crippen molar-refractivity contribution in [3.05, 3.63) is 29.8 Å². The van der Waals surface area contributed by atoms with Gasteiger partial charge in [-0.05, 0) is 25.1 Å². The Labute approximate surface area is 81.3 Å². The Kier molecular flexibility index (Phi) is 2.23. The number of hydrogen-bond donors (Lipinski definition) is 0. The first-order valence-electron chi connectivity index (χ1n) is 4.45. The molecule has 0 bridgehead atoms. The second kappa shape index (κ2) is 3.54. The summed E-state index contributed by atoms with van der Waals surface area (Å²) >= 11 is 0. The average molecular weight is 190 g/mol. The number of ether oxygens (including phenoxy) is 1. The number of furan rings is 1. The summed E-state index contributed by atoms with van der Waals surface area (Å²) < 4.78 is 10.6. The molecule has 1 heterocycles. The summed E-state index contributed by atoms with van der Waals surface area (Å²) in [6.45, 7) is 2.46. The van der Waals surface area contributed by atoms with E-state index in [2.05, 4.69) is 0 Å². The Morgan fingerprint density at radius 3 is 3.00 bits per heavy atom. The monoisotopic (exact) mass is 190 g/mol. The largest absolute Gasteiger partial charge is 0.465 e.